The molecule has 11 nitrogen and oxygen atoms in total. The first kappa shape index (κ1) is 36.6. The van der Waals surface area contributed by atoms with Gasteiger partial charge in [-0.25, -0.2) is 14.5 Å². The third-order valence-corrected chi connectivity index (χ3v) is 7.92. The summed E-state index contributed by atoms with van der Waals surface area (Å²) in [5, 5.41) is 24.1. The van der Waals surface area contributed by atoms with Crippen LogP contribution in [-0.2, 0) is 35.7 Å². The fourth-order valence-corrected chi connectivity index (χ4v) is 4.98. The molecule has 0 saturated heterocycles. The van der Waals surface area contributed by atoms with Crippen molar-refractivity contribution in [1.29, 1.82) is 0 Å². The van der Waals surface area contributed by atoms with Crippen LogP contribution in [0, 0.1) is 0 Å². The van der Waals surface area contributed by atoms with Gasteiger partial charge in [-0.05, 0) is 55.3 Å². The van der Waals surface area contributed by atoms with Crippen molar-refractivity contribution in [2.45, 2.75) is 43.9 Å². The van der Waals surface area contributed by atoms with Crippen LogP contribution in [0.15, 0.2) is 91.3 Å². The number of aryl methyl sites for hydroxylation is 1. The van der Waals surface area contributed by atoms with Crippen LogP contribution in [0.2, 0.25) is 0 Å². The van der Waals surface area contributed by atoms with Gasteiger partial charge in [-0.15, -0.1) is 0 Å². The van der Waals surface area contributed by atoms with Crippen LogP contribution >= 0.6 is 0 Å². The van der Waals surface area contributed by atoms with E-state index >= 15 is 0 Å². The lowest BCUT2D eigenvalue weighted by molar-refractivity contribution is -0.265. The van der Waals surface area contributed by atoms with Crippen molar-refractivity contribution >= 4 is 12.0 Å². The van der Waals surface area contributed by atoms with E-state index in [1.54, 1.807) is 42.6 Å². The Morgan fingerprint density at radius 2 is 1.59 bits per heavy atom. The molecule has 3 aromatic heterocycles. The van der Waals surface area contributed by atoms with Gasteiger partial charge < -0.3 is 20.5 Å². The van der Waals surface area contributed by atoms with Crippen LogP contribution < -0.4 is 10.6 Å². The number of hydrogen-bond acceptors (Lipinski definition) is 7. The maximum absolute atomic E-state index is 14.8. The molecule has 0 radical (unpaired) electrons. The monoisotopic (exact) mass is 715 g/mol. The molecule has 0 aliphatic heterocycles. The summed E-state index contributed by atoms with van der Waals surface area (Å²) in [5.41, 5.74) is -7.12. The lowest BCUT2D eigenvalue weighted by Gasteiger charge is -2.33. The van der Waals surface area contributed by atoms with Crippen molar-refractivity contribution in [1.82, 2.24) is 35.2 Å². The molecule has 0 saturated carbocycles. The topological polar surface area (TPSA) is 136 Å². The summed E-state index contributed by atoms with van der Waals surface area (Å²) in [6.45, 7) is 1.35. The second kappa shape index (κ2) is 13.9. The number of rotatable bonds is 10. The van der Waals surface area contributed by atoms with Crippen LogP contribution in [0.1, 0.15) is 46.7 Å². The normalized spacial score (nSPS) is 13.4. The molecule has 5 aromatic rings. The molecule has 268 valence electrons. The fraction of sp³-hybridized carbons (Fsp3) is 0.265. The summed E-state index contributed by atoms with van der Waals surface area (Å²) in [7, 11) is 1.39. The highest BCUT2D eigenvalue weighted by atomic mass is 19.4. The maximum Gasteiger partial charge on any atom is 0.424 e. The van der Waals surface area contributed by atoms with Crippen molar-refractivity contribution in [3.05, 3.63) is 119 Å². The van der Waals surface area contributed by atoms with Crippen molar-refractivity contribution in [2.75, 3.05) is 6.54 Å². The third kappa shape index (κ3) is 8.20. The number of alkyl carbamates (subject to hydrolysis) is 1. The molecule has 2 aromatic carbocycles. The van der Waals surface area contributed by atoms with E-state index in [-0.39, 0.29) is 34.9 Å². The highest BCUT2D eigenvalue weighted by Crippen LogP contribution is 2.40. The lowest BCUT2D eigenvalue weighted by atomic mass is 9.88. The number of hydrogen-bond donors (Lipinski definition) is 3. The third-order valence-electron chi connectivity index (χ3n) is 7.92. The number of alkyl halides is 6. The minimum atomic E-state index is -5.44. The fourth-order valence-electron chi connectivity index (χ4n) is 4.98. The molecular formula is C34H31F6N7O4. The standard InChI is InChI=1S/C34H31F6N7O4/c1-31(2,44-30(49)51-19-21-8-5-4-6-9-21)24-16-25(22-10-12-23(13-11-22)33(35,36)37)43-27(17-24)32(50,34(38,39)40)20-41-29(48)26-18-28(45-46(26)3)47-15-7-14-42-47/h4-18,50H,19-20H2,1-3H3,(H,41,48)(H,44,49). The Hall–Kier alpha value is -5.71. The predicted octanol–water partition coefficient (Wildman–Crippen LogP) is 6.03. The van der Waals surface area contributed by atoms with Crippen LogP contribution in [-0.4, -0.2) is 54.4 Å². The first-order valence-corrected chi connectivity index (χ1v) is 15.2. The Morgan fingerprint density at radius 3 is 2.20 bits per heavy atom. The molecule has 0 aliphatic carbocycles. The molecule has 3 heterocycles. The Bertz CT molecular complexity index is 1990. The van der Waals surface area contributed by atoms with E-state index in [2.05, 4.69) is 25.8 Å². The van der Waals surface area contributed by atoms with E-state index in [0.717, 1.165) is 35.0 Å². The minimum absolute atomic E-state index is 0.0245. The van der Waals surface area contributed by atoms with Gasteiger partial charge in [0.2, 0.25) is 5.60 Å². The molecule has 2 amide bonds. The van der Waals surface area contributed by atoms with Crippen LogP contribution in [0.25, 0.3) is 17.1 Å². The highest BCUT2D eigenvalue weighted by Gasteiger charge is 2.57. The lowest BCUT2D eigenvalue weighted by Crippen LogP contribution is -2.52. The molecule has 1 unspecified atom stereocenters. The van der Waals surface area contributed by atoms with Crippen molar-refractivity contribution in [3.63, 3.8) is 0 Å². The molecule has 0 aliphatic rings. The van der Waals surface area contributed by atoms with Gasteiger partial charge in [0.15, 0.2) is 5.82 Å². The first-order chi connectivity index (χ1) is 23.9. The zero-order valence-electron chi connectivity index (χ0n) is 27.3. The van der Waals surface area contributed by atoms with E-state index in [0.29, 0.717) is 5.56 Å². The van der Waals surface area contributed by atoms with E-state index < -0.39 is 53.3 Å². The number of ether oxygens (including phenoxy) is 1. The van der Waals surface area contributed by atoms with Gasteiger partial charge in [0.05, 0.1) is 29.0 Å². The quantitative estimate of drug-likeness (QED) is 0.150. The Kier molecular flexibility index (Phi) is 9.96. The molecular weight excluding hydrogens is 684 g/mol. The average Bonchev–Trinajstić information content (AvgIpc) is 3.75. The zero-order chi connectivity index (χ0) is 37.2. The molecule has 0 fully saturated rings. The number of carbonyl (C=O) groups excluding carboxylic acids is 2. The number of benzene rings is 2. The number of aliphatic hydroxyl groups is 1. The Morgan fingerprint density at radius 1 is 0.902 bits per heavy atom. The molecule has 3 N–H and O–H groups in total. The van der Waals surface area contributed by atoms with Gasteiger partial charge in [0.25, 0.3) is 5.91 Å². The number of amides is 2. The van der Waals surface area contributed by atoms with E-state index in [9.17, 15) is 41.0 Å². The summed E-state index contributed by atoms with van der Waals surface area (Å²) in [4.78, 5) is 30.0. The molecule has 0 spiro atoms. The summed E-state index contributed by atoms with van der Waals surface area (Å²) in [6, 6.07) is 17.2. The van der Waals surface area contributed by atoms with Crippen LogP contribution in [0.4, 0.5) is 31.1 Å². The smallest absolute Gasteiger partial charge is 0.424 e. The number of halogens is 6. The van der Waals surface area contributed by atoms with Gasteiger partial charge in [0.1, 0.15) is 12.3 Å². The second-order valence-corrected chi connectivity index (χ2v) is 12.0. The van der Waals surface area contributed by atoms with Gasteiger partial charge in [0, 0.05) is 31.1 Å². The van der Waals surface area contributed by atoms with Gasteiger partial charge in [-0.3, -0.25) is 9.48 Å². The van der Waals surface area contributed by atoms with Gasteiger partial charge in [-0.1, -0.05) is 42.5 Å². The van der Waals surface area contributed by atoms with Gasteiger partial charge in [-0.2, -0.15) is 36.5 Å². The molecule has 0 bridgehead atoms. The Labute approximate surface area is 286 Å². The van der Waals surface area contributed by atoms with Crippen molar-refractivity contribution in [2.24, 2.45) is 7.05 Å². The van der Waals surface area contributed by atoms with Crippen LogP contribution in [0.5, 0.6) is 0 Å². The molecule has 1 atom stereocenters. The predicted molar refractivity (Wildman–Crippen MR) is 170 cm³/mol. The van der Waals surface area contributed by atoms with E-state index in [1.807, 2.05) is 0 Å². The van der Waals surface area contributed by atoms with E-state index in [1.165, 1.54) is 43.9 Å². The summed E-state index contributed by atoms with van der Waals surface area (Å²) in [6.07, 6.45) is -8.06. The minimum Gasteiger partial charge on any atom is -0.445 e. The zero-order valence-corrected chi connectivity index (χ0v) is 27.3. The average molecular weight is 716 g/mol. The Balaban J connectivity index is 1.50. The molecule has 17 heteroatoms. The number of pyridine rings is 1. The van der Waals surface area contributed by atoms with Gasteiger partial charge >= 0.3 is 18.4 Å². The number of carbonyl (C=O) groups is 2. The maximum atomic E-state index is 14.8. The largest absolute Gasteiger partial charge is 0.445 e. The van der Waals surface area contributed by atoms with Crippen molar-refractivity contribution in [3.8, 4) is 17.1 Å². The number of aromatic nitrogens is 5. The summed E-state index contributed by atoms with van der Waals surface area (Å²) in [5.74, 6) is -0.820. The van der Waals surface area contributed by atoms with E-state index in [4.69, 9.17) is 4.74 Å². The number of nitrogens with one attached hydrogen (secondary N) is 2. The highest BCUT2D eigenvalue weighted by molar-refractivity contribution is 5.93. The second-order valence-electron chi connectivity index (χ2n) is 12.0. The molecule has 51 heavy (non-hydrogen) atoms. The summed E-state index contributed by atoms with van der Waals surface area (Å²) < 4.78 is 92.1. The SMILES string of the molecule is Cn1nc(-n2cccn2)cc1C(=O)NCC(O)(c1cc(C(C)(C)NC(=O)OCc2ccccc2)cc(-c2ccc(C(F)(F)F)cc2)n1)C(F)(F)F. The summed E-state index contributed by atoms with van der Waals surface area (Å²) >= 11 is 0. The molecule has 5 rings (SSSR count). The number of nitrogens with zero attached hydrogens (tertiary/aromatic N) is 5. The van der Waals surface area contributed by atoms with Crippen LogP contribution in [0.3, 0.4) is 0 Å². The van der Waals surface area contributed by atoms with Crippen molar-refractivity contribution < 1.29 is 45.8 Å². The first-order valence-electron chi connectivity index (χ1n) is 15.2.